The maximum absolute atomic E-state index is 11.8. The molecule has 0 amide bonds. The molecule has 0 aliphatic rings. The van der Waals surface area contributed by atoms with E-state index in [1.54, 1.807) is 0 Å². The summed E-state index contributed by atoms with van der Waals surface area (Å²) in [5.74, 6) is 0.356. The molecule has 0 aromatic carbocycles. The van der Waals surface area contributed by atoms with E-state index in [9.17, 15) is 4.79 Å². The predicted molar refractivity (Wildman–Crippen MR) is 81.5 cm³/mol. The zero-order valence-corrected chi connectivity index (χ0v) is 14.6. The molecule has 18 heavy (non-hydrogen) atoms. The molecule has 0 unspecified atom stereocenters. The summed E-state index contributed by atoms with van der Waals surface area (Å²) in [6.45, 7) is 18.1. The third-order valence-corrected chi connectivity index (χ3v) is 8.83. The van der Waals surface area contributed by atoms with Crippen LogP contribution in [0.4, 0.5) is 0 Å². The minimum Gasteiger partial charge on any atom is -0.417 e. The Balaban J connectivity index is 4.12. The predicted octanol–water partition coefficient (Wildman–Crippen LogP) is 4.79. The molecule has 0 bridgehead atoms. The summed E-state index contributed by atoms with van der Waals surface area (Å²) in [7, 11) is -1.62. The van der Waals surface area contributed by atoms with Gasteiger partial charge >= 0.3 is 0 Å². The molecule has 0 aliphatic carbocycles. The summed E-state index contributed by atoms with van der Waals surface area (Å²) in [4.78, 5) is 11.8. The van der Waals surface area contributed by atoms with Gasteiger partial charge in [0.15, 0.2) is 8.32 Å². The van der Waals surface area contributed by atoms with Gasteiger partial charge in [0.1, 0.15) is 5.78 Å². The van der Waals surface area contributed by atoms with Gasteiger partial charge in [-0.1, -0.05) is 41.5 Å². The summed E-state index contributed by atoms with van der Waals surface area (Å²) in [5.41, 5.74) is -0.189. The zero-order valence-electron chi connectivity index (χ0n) is 13.6. The van der Waals surface area contributed by atoms with Crippen LogP contribution in [0.2, 0.25) is 18.1 Å². The van der Waals surface area contributed by atoms with Gasteiger partial charge in [0.25, 0.3) is 0 Å². The van der Waals surface area contributed by atoms with Crippen LogP contribution >= 0.6 is 0 Å². The molecule has 0 radical (unpaired) electrons. The molecule has 0 saturated carbocycles. The Bertz CT molecular complexity index is 275. The summed E-state index contributed by atoms with van der Waals surface area (Å²) < 4.78 is 6.13. The lowest BCUT2D eigenvalue weighted by atomic mass is 9.82. The van der Waals surface area contributed by atoms with E-state index in [-0.39, 0.29) is 10.5 Å². The first-order valence-electron chi connectivity index (χ1n) is 7.11. The largest absolute Gasteiger partial charge is 0.417 e. The van der Waals surface area contributed by atoms with E-state index in [0.717, 1.165) is 19.4 Å². The molecule has 0 atom stereocenters. The third kappa shape index (κ3) is 5.23. The average molecular weight is 273 g/mol. The molecule has 3 heteroatoms. The highest BCUT2D eigenvalue weighted by atomic mass is 28.4. The number of hydrogen-bond donors (Lipinski definition) is 0. The molecule has 0 rings (SSSR count). The van der Waals surface area contributed by atoms with Crippen molar-refractivity contribution in [2.45, 2.75) is 78.9 Å². The van der Waals surface area contributed by atoms with Gasteiger partial charge in [0, 0.05) is 18.4 Å². The molecule has 0 aliphatic heterocycles. The smallest absolute Gasteiger partial charge is 0.191 e. The van der Waals surface area contributed by atoms with Crippen LogP contribution in [0, 0.1) is 5.41 Å². The van der Waals surface area contributed by atoms with Gasteiger partial charge in [0.05, 0.1) is 0 Å². The van der Waals surface area contributed by atoms with E-state index in [1.807, 2.05) is 20.8 Å². The van der Waals surface area contributed by atoms with Crippen LogP contribution in [0.25, 0.3) is 0 Å². The van der Waals surface area contributed by atoms with Crippen LogP contribution in [0.1, 0.15) is 60.8 Å². The molecule has 2 nitrogen and oxygen atoms in total. The fourth-order valence-electron chi connectivity index (χ4n) is 1.68. The second-order valence-electron chi connectivity index (χ2n) is 7.37. The van der Waals surface area contributed by atoms with Gasteiger partial charge in [-0.2, -0.15) is 0 Å². The number of ketones is 1. The van der Waals surface area contributed by atoms with Crippen LogP contribution in [0.15, 0.2) is 0 Å². The van der Waals surface area contributed by atoms with Gasteiger partial charge in [-0.25, -0.2) is 0 Å². The summed E-state index contributed by atoms with van der Waals surface area (Å²) in [5, 5.41) is 0.266. The summed E-state index contributed by atoms with van der Waals surface area (Å²) in [6.07, 6.45) is 2.54. The molecular formula is C15H32O2Si. The lowest BCUT2D eigenvalue weighted by molar-refractivity contribution is -0.127. The molecule has 0 saturated heterocycles. The molecule has 0 N–H and O–H groups in total. The first-order chi connectivity index (χ1) is 7.94. The summed E-state index contributed by atoms with van der Waals surface area (Å²) in [6, 6.07) is 0. The van der Waals surface area contributed by atoms with E-state index >= 15 is 0 Å². The van der Waals surface area contributed by atoms with E-state index < -0.39 is 8.32 Å². The fourth-order valence-corrected chi connectivity index (χ4v) is 2.76. The SMILES string of the molecule is CCC(=O)C(C)(C)CCCO[Si](C)(C)C(C)(C)C. The Morgan fingerprint density at radius 1 is 1.11 bits per heavy atom. The number of hydrogen-bond acceptors (Lipinski definition) is 2. The van der Waals surface area contributed by atoms with E-state index in [1.165, 1.54) is 0 Å². The maximum atomic E-state index is 11.8. The second-order valence-corrected chi connectivity index (χ2v) is 12.2. The Hall–Kier alpha value is -0.153. The van der Waals surface area contributed by atoms with Gasteiger partial charge in [0.2, 0.25) is 0 Å². The van der Waals surface area contributed by atoms with E-state index in [4.69, 9.17) is 4.43 Å². The summed E-state index contributed by atoms with van der Waals surface area (Å²) >= 11 is 0. The highest BCUT2D eigenvalue weighted by Crippen LogP contribution is 2.36. The van der Waals surface area contributed by atoms with Crippen LogP contribution in [-0.4, -0.2) is 20.7 Å². The average Bonchev–Trinajstić information content (AvgIpc) is 2.21. The Morgan fingerprint density at radius 3 is 2.00 bits per heavy atom. The number of carbonyl (C=O) groups excluding carboxylic acids is 1. The van der Waals surface area contributed by atoms with E-state index in [0.29, 0.717) is 12.2 Å². The van der Waals surface area contributed by atoms with Crippen molar-refractivity contribution < 1.29 is 9.22 Å². The Morgan fingerprint density at radius 2 is 1.61 bits per heavy atom. The Labute approximate surface area is 115 Å². The van der Waals surface area contributed by atoms with Crippen molar-refractivity contribution in [3.05, 3.63) is 0 Å². The second kappa shape index (κ2) is 6.33. The van der Waals surface area contributed by atoms with Crippen LogP contribution in [0.5, 0.6) is 0 Å². The van der Waals surface area contributed by atoms with Crippen molar-refractivity contribution in [2.75, 3.05) is 6.61 Å². The highest BCUT2D eigenvalue weighted by molar-refractivity contribution is 6.74. The third-order valence-electron chi connectivity index (χ3n) is 4.29. The molecule has 0 aromatic rings. The molecule has 0 aromatic heterocycles. The number of rotatable bonds is 7. The molecule has 0 heterocycles. The topological polar surface area (TPSA) is 26.3 Å². The van der Waals surface area contributed by atoms with Crippen LogP contribution in [-0.2, 0) is 9.22 Å². The monoisotopic (exact) mass is 272 g/mol. The lowest BCUT2D eigenvalue weighted by Gasteiger charge is -2.36. The quantitative estimate of drug-likeness (QED) is 0.492. The van der Waals surface area contributed by atoms with Crippen molar-refractivity contribution in [3.63, 3.8) is 0 Å². The standard InChI is InChI=1S/C15H32O2Si/c1-9-13(16)15(5,6)11-10-12-17-18(7,8)14(2,3)4/h9-12H2,1-8H3. The number of Topliss-reactive ketones (excluding diaryl/α,β-unsaturated/α-hetero) is 1. The van der Waals surface area contributed by atoms with E-state index in [2.05, 4.69) is 33.9 Å². The normalized spacial score (nSPS) is 13.8. The first kappa shape index (κ1) is 17.8. The molecule has 0 fully saturated rings. The zero-order chi connectivity index (χ0) is 14.6. The lowest BCUT2D eigenvalue weighted by Crippen LogP contribution is -2.41. The highest BCUT2D eigenvalue weighted by Gasteiger charge is 2.37. The van der Waals surface area contributed by atoms with Crippen molar-refractivity contribution in [1.82, 2.24) is 0 Å². The van der Waals surface area contributed by atoms with Crippen molar-refractivity contribution >= 4 is 14.1 Å². The molecule has 108 valence electrons. The minimum absolute atomic E-state index is 0.189. The van der Waals surface area contributed by atoms with Crippen molar-refractivity contribution in [1.29, 1.82) is 0 Å². The first-order valence-corrected chi connectivity index (χ1v) is 10.0. The van der Waals surface area contributed by atoms with Crippen molar-refractivity contribution in [3.8, 4) is 0 Å². The van der Waals surface area contributed by atoms with Crippen molar-refractivity contribution in [2.24, 2.45) is 5.41 Å². The van der Waals surface area contributed by atoms with Gasteiger partial charge in [-0.05, 0) is 31.0 Å². The minimum atomic E-state index is -1.62. The number of carbonyl (C=O) groups is 1. The van der Waals surface area contributed by atoms with Gasteiger partial charge < -0.3 is 4.43 Å². The maximum Gasteiger partial charge on any atom is 0.191 e. The molecular weight excluding hydrogens is 240 g/mol. The van der Waals surface area contributed by atoms with Gasteiger partial charge in [-0.3, -0.25) is 4.79 Å². The Kier molecular flexibility index (Phi) is 6.28. The van der Waals surface area contributed by atoms with Crippen LogP contribution < -0.4 is 0 Å². The van der Waals surface area contributed by atoms with Crippen LogP contribution in [0.3, 0.4) is 0 Å². The van der Waals surface area contributed by atoms with Gasteiger partial charge in [-0.15, -0.1) is 0 Å². The fraction of sp³-hybridized carbons (Fsp3) is 0.933. The molecule has 0 spiro atoms.